The van der Waals surface area contributed by atoms with E-state index in [0.717, 1.165) is 0 Å². The number of aliphatic hydroxyl groups is 8. The Kier molecular flexibility index (Phi) is 15.8. The van der Waals surface area contributed by atoms with E-state index in [0.29, 0.717) is 5.56 Å². The molecule has 10 heteroatoms. The Labute approximate surface area is 157 Å². The monoisotopic (exact) mass is 394 g/mol. The fourth-order valence-corrected chi connectivity index (χ4v) is 1.18. The Morgan fingerprint density at radius 3 is 0.963 bits per heavy atom. The highest BCUT2D eigenvalue weighted by Crippen LogP contribution is 2.12. The number of carboxylic acids is 1. The van der Waals surface area contributed by atoms with E-state index in [2.05, 4.69) is 0 Å². The van der Waals surface area contributed by atoms with Crippen LogP contribution in [0, 0.1) is 10.8 Å². The zero-order chi connectivity index (χ0) is 21.3. The van der Waals surface area contributed by atoms with E-state index >= 15 is 0 Å². The third-order valence-electron chi connectivity index (χ3n) is 3.70. The van der Waals surface area contributed by atoms with Gasteiger partial charge in [-0.15, -0.1) is 0 Å². The molecule has 1 aromatic rings. The quantitative estimate of drug-likeness (QED) is 0.212. The van der Waals surface area contributed by atoms with Crippen LogP contribution in [0.15, 0.2) is 30.3 Å². The van der Waals surface area contributed by atoms with Crippen LogP contribution in [0.3, 0.4) is 0 Å². The van der Waals surface area contributed by atoms with Gasteiger partial charge in [0, 0.05) is 0 Å². The molecule has 27 heavy (non-hydrogen) atoms. The first-order valence-electron chi connectivity index (χ1n) is 7.95. The Balaban J connectivity index is 0. The summed E-state index contributed by atoms with van der Waals surface area (Å²) in [5, 5.41) is 76.4. The minimum Gasteiger partial charge on any atom is -0.478 e. The van der Waals surface area contributed by atoms with Crippen LogP contribution in [-0.2, 0) is 0 Å². The standard InChI is InChI=1S/C7H6O2.2C5H12O4/c8-7(9)6-4-2-1-3-5-6;2*6-1-5(2-7,3-8)4-9/h1-5H,(H,8,9);2*6-9H,1-4H2. The summed E-state index contributed by atoms with van der Waals surface area (Å²) in [6.45, 7) is -3.25. The fraction of sp³-hybridized carbons (Fsp3) is 0.588. The van der Waals surface area contributed by atoms with Gasteiger partial charge >= 0.3 is 5.97 Å². The van der Waals surface area contributed by atoms with E-state index in [4.69, 9.17) is 46.0 Å². The molecule has 0 heterocycles. The molecule has 0 bridgehead atoms. The Morgan fingerprint density at radius 2 is 0.852 bits per heavy atom. The first-order valence-corrected chi connectivity index (χ1v) is 7.95. The average molecular weight is 394 g/mol. The highest BCUT2D eigenvalue weighted by Gasteiger charge is 2.27. The second-order valence-corrected chi connectivity index (χ2v) is 5.94. The van der Waals surface area contributed by atoms with Gasteiger partial charge in [-0.25, -0.2) is 4.79 Å². The maximum atomic E-state index is 10.2. The van der Waals surface area contributed by atoms with Crippen molar-refractivity contribution in [2.75, 3.05) is 52.9 Å². The van der Waals surface area contributed by atoms with Crippen LogP contribution in [-0.4, -0.2) is 105 Å². The van der Waals surface area contributed by atoms with Gasteiger partial charge in [0.05, 0.1) is 69.2 Å². The molecule has 0 amide bonds. The summed E-state index contributed by atoms with van der Waals surface area (Å²) in [5.74, 6) is -0.879. The third-order valence-corrected chi connectivity index (χ3v) is 3.70. The van der Waals surface area contributed by atoms with Crippen LogP contribution in [0.4, 0.5) is 0 Å². The molecule has 9 N–H and O–H groups in total. The predicted molar refractivity (Wildman–Crippen MR) is 95.0 cm³/mol. The lowest BCUT2D eigenvalue weighted by atomic mass is 9.93. The number of aliphatic hydroxyl groups excluding tert-OH is 8. The Morgan fingerprint density at radius 1 is 0.593 bits per heavy atom. The number of carbonyl (C=O) groups is 1. The summed E-state index contributed by atoms with van der Waals surface area (Å²) >= 11 is 0. The van der Waals surface area contributed by atoms with Crippen molar-refractivity contribution in [1.29, 1.82) is 0 Å². The number of aromatic carboxylic acids is 1. The zero-order valence-corrected chi connectivity index (χ0v) is 15.0. The molecule has 0 saturated heterocycles. The average Bonchev–Trinajstić information content (AvgIpc) is 2.74. The summed E-state index contributed by atoms with van der Waals surface area (Å²) < 4.78 is 0. The van der Waals surface area contributed by atoms with Crippen LogP contribution in [0.1, 0.15) is 10.4 Å². The summed E-state index contributed by atoms with van der Waals surface area (Å²) in [6, 6.07) is 8.30. The van der Waals surface area contributed by atoms with Gasteiger partial charge in [-0.2, -0.15) is 0 Å². The molecular weight excluding hydrogens is 364 g/mol. The number of benzene rings is 1. The molecule has 0 atom stereocenters. The highest BCUT2D eigenvalue weighted by molar-refractivity contribution is 5.87. The van der Waals surface area contributed by atoms with E-state index in [1.54, 1.807) is 30.3 Å². The van der Waals surface area contributed by atoms with Crippen LogP contribution in [0.25, 0.3) is 0 Å². The molecule has 1 rings (SSSR count). The SMILES string of the molecule is O=C(O)c1ccccc1.OCC(CO)(CO)CO.OCC(CO)(CO)CO. The lowest BCUT2D eigenvalue weighted by Crippen LogP contribution is -2.37. The molecule has 10 nitrogen and oxygen atoms in total. The number of hydrogen-bond donors (Lipinski definition) is 9. The minimum atomic E-state index is -1.11. The fourth-order valence-electron chi connectivity index (χ4n) is 1.18. The zero-order valence-electron chi connectivity index (χ0n) is 15.0. The van der Waals surface area contributed by atoms with Crippen molar-refractivity contribution in [2.24, 2.45) is 10.8 Å². The van der Waals surface area contributed by atoms with Gasteiger partial charge in [0.2, 0.25) is 0 Å². The summed E-state index contributed by atoms with van der Waals surface area (Å²) in [4.78, 5) is 10.2. The van der Waals surface area contributed by atoms with E-state index < -0.39 is 69.7 Å². The van der Waals surface area contributed by atoms with Crippen molar-refractivity contribution >= 4 is 5.97 Å². The van der Waals surface area contributed by atoms with Crippen molar-refractivity contribution in [1.82, 2.24) is 0 Å². The highest BCUT2D eigenvalue weighted by atomic mass is 16.4. The molecule has 0 aliphatic carbocycles. The van der Waals surface area contributed by atoms with Crippen molar-refractivity contribution in [2.45, 2.75) is 0 Å². The number of rotatable bonds is 9. The maximum Gasteiger partial charge on any atom is 0.335 e. The normalized spacial score (nSPS) is 11.0. The van der Waals surface area contributed by atoms with Gasteiger partial charge in [0.15, 0.2) is 0 Å². The topological polar surface area (TPSA) is 199 Å². The molecule has 0 aromatic heterocycles. The minimum absolute atomic E-state index is 0.331. The van der Waals surface area contributed by atoms with Crippen molar-refractivity contribution in [3.8, 4) is 0 Å². The molecule has 0 aliphatic rings. The van der Waals surface area contributed by atoms with Gasteiger partial charge in [-0.1, -0.05) is 18.2 Å². The second kappa shape index (κ2) is 15.4. The van der Waals surface area contributed by atoms with Gasteiger partial charge in [0.25, 0.3) is 0 Å². The van der Waals surface area contributed by atoms with Gasteiger partial charge < -0.3 is 46.0 Å². The van der Waals surface area contributed by atoms with Crippen LogP contribution < -0.4 is 0 Å². The Hall–Kier alpha value is -1.63. The van der Waals surface area contributed by atoms with E-state index in [9.17, 15) is 4.79 Å². The molecule has 0 aliphatic heterocycles. The van der Waals surface area contributed by atoms with Crippen molar-refractivity contribution in [3.05, 3.63) is 35.9 Å². The second-order valence-electron chi connectivity index (χ2n) is 5.94. The number of carboxylic acid groups (broad SMARTS) is 1. The smallest absolute Gasteiger partial charge is 0.335 e. The van der Waals surface area contributed by atoms with Crippen LogP contribution >= 0.6 is 0 Å². The van der Waals surface area contributed by atoms with Crippen molar-refractivity contribution in [3.63, 3.8) is 0 Å². The summed E-state index contributed by atoms with van der Waals surface area (Å²) in [7, 11) is 0. The largest absolute Gasteiger partial charge is 0.478 e. The molecule has 0 radical (unpaired) electrons. The molecule has 0 unspecified atom stereocenters. The predicted octanol–water partition coefficient (Wildman–Crippen LogP) is -2.73. The summed E-state index contributed by atoms with van der Waals surface area (Å²) in [5.41, 5.74) is -1.89. The lowest BCUT2D eigenvalue weighted by Gasteiger charge is -2.23. The molecule has 0 fully saturated rings. The third kappa shape index (κ3) is 10.3. The first-order chi connectivity index (χ1) is 12.8. The van der Waals surface area contributed by atoms with Crippen LogP contribution in [0.2, 0.25) is 0 Å². The van der Waals surface area contributed by atoms with E-state index in [-0.39, 0.29) is 0 Å². The lowest BCUT2D eigenvalue weighted by molar-refractivity contribution is -0.0332. The van der Waals surface area contributed by atoms with E-state index in [1.165, 1.54) is 0 Å². The number of hydrogen-bond acceptors (Lipinski definition) is 9. The van der Waals surface area contributed by atoms with Gasteiger partial charge in [-0.05, 0) is 12.1 Å². The molecule has 0 saturated carbocycles. The molecule has 0 spiro atoms. The van der Waals surface area contributed by atoms with Gasteiger partial charge in [0.1, 0.15) is 0 Å². The Bertz CT molecular complexity index is 417. The first kappa shape index (κ1) is 27.6. The van der Waals surface area contributed by atoms with Gasteiger partial charge in [-0.3, -0.25) is 0 Å². The maximum absolute atomic E-state index is 10.2. The van der Waals surface area contributed by atoms with Crippen LogP contribution in [0.5, 0.6) is 0 Å². The molecular formula is C17H30O10. The van der Waals surface area contributed by atoms with Crippen molar-refractivity contribution < 1.29 is 50.8 Å². The molecule has 1 aromatic carbocycles. The van der Waals surface area contributed by atoms with E-state index in [1.807, 2.05) is 0 Å². The molecule has 158 valence electrons. The summed E-state index contributed by atoms with van der Waals surface area (Å²) in [6.07, 6.45) is 0.